The molecule has 150 valence electrons. The molecule has 1 N–H and O–H groups in total. The number of benzene rings is 1. The van der Waals surface area contributed by atoms with Crippen LogP contribution in [0.15, 0.2) is 36.5 Å². The van der Waals surface area contributed by atoms with Crippen LogP contribution in [0.1, 0.15) is 59.5 Å². The molecule has 0 aliphatic heterocycles. The number of nitrogens with zero attached hydrogens (tertiary/aromatic N) is 1. The fourth-order valence-corrected chi connectivity index (χ4v) is 4.74. The Kier molecular flexibility index (Phi) is 4.85. The summed E-state index contributed by atoms with van der Waals surface area (Å²) in [6, 6.07) is 9.68. The Morgan fingerprint density at radius 3 is 2.41 bits per heavy atom. The topological polar surface area (TPSA) is 76.1 Å². The molecule has 2 aliphatic carbocycles. The molecule has 29 heavy (non-hydrogen) atoms. The maximum Gasteiger partial charge on any atom is 0.221 e. The standard InChI is InChI=1S/C24H26N2O3/c1-14-10-15(2)21(16(3)11-14)22-18(27)12-17(23(22)29)13-20(28)26-24(7-8-24)19-6-4-5-9-25-19/h4-6,9-11,17,22H,7-8,12-13H2,1-3H3,(H,26,28). The zero-order chi connectivity index (χ0) is 20.8. The molecule has 2 aromatic rings. The van der Waals surface area contributed by atoms with Gasteiger partial charge in [0.05, 0.1) is 11.2 Å². The van der Waals surface area contributed by atoms with Crippen molar-refractivity contribution in [3.05, 3.63) is 64.5 Å². The number of carbonyl (C=O) groups is 3. The molecule has 2 saturated carbocycles. The zero-order valence-electron chi connectivity index (χ0n) is 17.1. The molecule has 1 aromatic heterocycles. The maximum absolute atomic E-state index is 13.1. The Morgan fingerprint density at radius 1 is 1.14 bits per heavy atom. The summed E-state index contributed by atoms with van der Waals surface area (Å²) in [4.78, 5) is 42.9. The van der Waals surface area contributed by atoms with Crippen molar-refractivity contribution < 1.29 is 14.4 Å². The van der Waals surface area contributed by atoms with Gasteiger partial charge in [-0.05, 0) is 62.4 Å². The van der Waals surface area contributed by atoms with Crippen LogP contribution in [0.2, 0.25) is 0 Å². The van der Waals surface area contributed by atoms with Crippen molar-refractivity contribution in [3.63, 3.8) is 0 Å². The maximum atomic E-state index is 13.1. The van der Waals surface area contributed by atoms with Crippen molar-refractivity contribution in [1.82, 2.24) is 10.3 Å². The Bertz CT molecular complexity index is 969. The fraction of sp³-hybridized carbons (Fsp3) is 0.417. The molecule has 1 aromatic carbocycles. The molecule has 2 atom stereocenters. The zero-order valence-corrected chi connectivity index (χ0v) is 17.1. The van der Waals surface area contributed by atoms with Gasteiger partial charge in [0.1, 0.15) is 11.7 Å². The van der Waals surface area contributed by atoms with Crippen LogP contribution in [-0.2, 0) is 19.9 Å². The molecule has 0 saturated heterocycles. The SMILES string of the molecule is Cc1cc(C)c(C2C(=O)CC(CC(=O)NC3(c4ccccn4)CC3)C2=O)c(C)c1. The number of rotatable bonds is 5. The van der Waals surface area contributed by atoms with E-state index in [4.69, 9.17) is 0 Å². The summed E-state index contributed by atoms with van der Waals surface area (Å²) in [5, 5.41) is 3.07. The highest BCUT2D eigenvalue weighted by Crippen LogP contribution is 2.45. The lowest BCUT2D eigenvalue weighted by Crippen LogP contribution is -2.37. The van der Waals surface area contributed by atoms with E-state index in [1.54, 1.807) is 6.20 Å². The monoisotopic (exact) mass is 390 g/mol. The number of aryl methyl sites for hydroxylation is 3. The Labute approximate surface area is 170 Å². The number of hydrogen-bond donors (Lipinski definition) is 1. The van der Waals surface area contributed by atoms with Crippen LogP contribution in [0.4, 0.5) is 0 Å². The highest BCUT2D eigenvalue weighted by molar-refractivity contribution is 6.15. The molecule has 5 heteroatoms. The summed E-state index contributed by atoms with van der Waals surface area (Å²) >= 11 is 0. The van der Waals surface area contributed by atoms with E-state index in [1.165, 1.54) is 0 Å². The minimum Gasteiger partial charge on any atom is -0.345 e. The number of hydrogen-bond acceptors (Lipinski definition) is 4. The van der Waals surface area contributed by atoms with E-state index in [0.717, 1.165) is 40.8 Å². The molecule has 4 rings (SSSR count). The molecular weight excluding hydrogens is 364 g/mol. The smallest absolute Gasteiger partial charge is 0.221 e. The van der Waals surface area contributed by atoms with Gasteiger partial charge in [0.2, 0.25) is 5.91 Å². The minimum atomic E-state index is -0.737. The van der Waals surface area contributed by atoms with Gasteiger partial charge in [-0.3, -0.25) is 19.4 Å². The lowest BCUT2D eigenvalue weighted by molar-refractivity contribution is -0.129. The van der Waals surface area contributed by atoms with Gasteiger partial charge < -0.3 is 5.32 Å². The predicted octanol–water partition coefficient (Wildman–Crippen LogP) is 3.44. The fourth-order valence-electron chi connectivity index (χ4n) is 4.74. The number of aromatic nitrogens is 1. The van der Waals surface area contributed by atoms with Gasteiger partial charge in [0.15, 0.2) is 5.78 Å². The Balaban J connectivity index is 1.48. The second kappa shape index (κ2) is 7.21. The second-order valence-electron chi connectivity index (χ2n) is 8.56. The van der Waals surface area contributed by atoms with Crippen molar-refractivity contribution in [3.8, 4) is 0 Å². The molecule has 0 radical (unpaired) electrons. The molecule has 2 aliphatic rings. The number of amides is 1. The first kappa shape index (κ1) is 19.5. The molecular formula is C24H26N2O3. The third-order valence-corrected chi connectivity index (χ3v) is 6.20. The highest BCUT2D eigenvalue weighted by Gasteiger charge is 2.48. The van der Waals surface area contributed by atoms with Crippen LogP contribution in [-0.4, -0.2) is 22.5 Å². The number of Topliss-reactive ketones (excluding diaryl/α,β-unsaturated/α-hetero) is 2. The second-order valence-corrected chi connectivity index (χ2v) is 8.56. The predicted molar refractivity (Wildman–Crippen MR) is 109 cm³/mol. The van der Waals surface area contributed by atoms with Gasteiger partial charge in [-0.25, -0.2) is 0 Å². The van der Waals surface area contributed by atoms with Crippen LogP contribution in [0.3, 0.4) is 0 Å². The first-order valence-corrected chi connectivity index (χ1v) is 10.2. The van der Waals surface area contributed by atoms with Crippen LogP contribution < -0.4 is 5.32 Å². The summed E-state index contributed by atoms with van der Waals surface area (Å²) in [6.45, 7) is 5.89. The van der Waals surface area contributed by atoms with Gasteiger partial charge in [0, 0.05) is 25.0 Å². The van der Waals surface area contributed by atoms with Crippen molar-refractivity contribution in [2.45, 2.75) is 57.9 Å². The van der Waals surface area contributed by atoms with Crippen LogP contribution in [0, 0.1) is 26.7 Å². The summed E-state index contributed by atoms with van der Waals surface area (Å²) in [5.41, 5.74) is 4.30. The normalized spacial score (nSPS) is 22.6. The molecule has 2 unspecified atom stereocenters. The molecule has 2 fully saturated rings. The number of carbonyl (C=O) groups excluding carboxylic acids is 3. The van der Waals surface area contributed by atoms with Gasteiger partial charge in [0.25, 0.3) is 0 Å². The summed E-state index contributed by atoms with van der Waals surface area (Å²) in [6.07, 6.45) is 3.60. The largest absolute Gasteiger partial charge is 0.345 e. The van der Waals surface area contributed by atoms with Crippen LogP contribution in [0.25, 0.3) is 0 Å². The minimum absolute atomic E-state index is 0.0552. The summed E-state index contributed by atoms with van der Waals surface area (Å²) in [5.74, 6) is -1.67. The van der Waals surface area contributed by atoms with Gasteiger partial charge in [-0.15, -0.1) is 0 Å². The van der Waals surface area contributed by atoms with Crippen molar-refractivity contribution in [1.29, 1.82) is 0 Å². The lowest BCUT2D eigenvalue weighted by atomic mass is 9.86. The summed E-state index contributed by atoms with van der Waals surface area (Å²) < 4.78 is 0. The Hall–Kier alpha value is -2.82. The van der Waals surface area contributed by atoms with E-state index < -0.39 is 17.4 Å². The quantitative estimate of drug-likeness (QED) is 0.794. The average molecular weight is 390 g/mol. The van der Waals surface area contributed by atoms with Gasteiger partial charge in [-0.1, -0.05) is 23.8 Å². The summed E-state index contributed by atoms with van der Waals surface area (Å²) in [7, 11) is 0. The molecule has 1 heterocycles. The van der Waals surface area contributed by atoms with E-state index in [-0.39, 0.29) is 30.3 Å². The first-order chi connectivity index (χ1) is 13.8. The van der Waals surface area contributed by atoms with Crippen molar-refractivity contribution in [2.24, 2.45) is 5.92 Å². The molecule has 1 amide bonds. The van der Waals surface area contributed by atoms with E-state index in [2.05, 4.69) is 10.3 Å². The van der Waals surface area contributed by atoms with E-state index >= 15 is 0 Å². The third-order valence-electron chi connectivity index (χ3n) is 6.20. The van der Waals surface area contributed by atoms with Crippen LogP contribution >= 0.6 is 0 Å². The average Bonchev–Trinajstić information content (AvgIpc) is 3.39. The molecule has 0 bridgehead atoms. The van der Waals surface area contributed by atoms with Gasteiger partial charge in [-0.2, -0.15) is 0 Å². The van der Waals surface area contributed by atoms with E-state index in [9.17, 15) is 14.4 Å². The highest BCUT2D eigenvalue weighted by atomic mass is 16.2. The number of ketones is 2. The van der Waals surface area contributed by atoms with E-state index in [1.807, 2.05) is 51.1 Å². The molecule has 0 spiro atoms. The first-order valence-electron chi connectivity index (χ1n) is 10.2. The van der Waals surface area contributed by atoms with E-state index in [0.29, 0.717) is 0 Å². The number of nitrogens with one attached hydrogen (secondary N) is 1. The van der Waals surface area contributed by atoms with Gasteiger partial charge >= 0.3 is 0 Å². The third kappa shape index (κ3) is 3.61. The number of pyridine rings is 1. The Morgan fingerprint density at radius 2 is 1.83 bits per heavy atom. The van der Waals surface area contributed by atoms with Crippen molar-refractivity contribution in [2.75, 3.05) is 0 Å². The van der Waals surface area contributed by atoms with Crippen LogP contribution in [0.5, 0.6) is 0 Å². The van der Waals surface area contributed by atoms with Crippen molar-refractivity contribution >= 4 is 17.5 Å². The lowest BCUT2D eigenvalue weighted by Gasteiger charge is -2.18. The molecule has 5 nitrogen and oxygen atoms in total.